The lowest BCUT2D eigenvalue weighted by molar-refractivity contribution is 0.337. The Morgan fingerprint density at radius 1 is 1.15 bits per heavy atom. The maximum absolute atomic E-state index is 13.3. The Bertz CT molecular complexity index is 972. The van der Waals surface area contributed by atoms with E-state index in [0.29, 0.717) is 24.6 Å². The maximum Gasteiger partial charge on any atom is 0.243 e. The quantitative estimate of drug-likeness (QED) is 0.565. The highest BCUT2D eigenvalue weighted by molar-refractivity contribution is 7.89. The van der Waals surface area contributed by atoms with Gasteiger partial charge in [0.2, 0.25) is 10.0 Å². The van der Waals surface area contributed by atoms with Gasteiger partial charge in [0, 0.05) is 12.7 Å². The average Bonchev–Trinajstić information content (AvgIpc) is 3.17. The fourth-order valence-corrected chi connectivity index (χ4v) is 4.88. The van der Waals surface area contributed by atoms with E-state index in [1.54, 1.807) is 35.7 Å². The van der Waals surface area contributed by atoms with Crippen LogP contribution in [-0.4, -0.2) is 24.3 Å². The molecule has 0 unspecified atom stereocenters. The van der Waals surface area contributed by atoms with Gasteiger partial charge in [-0.25, -0.2) is 8.42 Å². The molecule has 0 aliphatic carbocycles. The van der Waals surface area contributed by atoms with Gasteiger partial charge in [-0.1, -0.05) is 6.07 Å². The molecule has 0 atom stereocenters. The lowest BCUT2D eigenvalue weighted by atomic mass is 10.2. The first kappa shape index (κ1) is 19.5. The summed E-state index contributed by atoms with van der Waals surface area (Å²) < 4.78 is 33.7. The van der Waals surface area contributed by atoms with Crippen LogP contribution in [0.4, 0.5) is 0 Å². The predicted molar refractivity (Wildman–Crippen MR) is 107 cm³/mol. The van der Waals surface area contributed by atoms with Crippen LogP contribution in [0.2, 0.25) is 0 Å². The smallest absolute Gasteiger partial charge is 0.243 e. The van der Waals surface area contributed by atoms with Crippen molar-refractivity contribution in [2.45, 2.75) is 31.8 Å². The number of hydrogen-bond acceptors (Lipinski definition) is 5. The van der Waals surface area contributed by atoms with E-state index in [0.717, 1.165) is 11.1 Å². The van der Waals surface area contributed by atoms with Crippen molar-refractivity contribution in [1.29, 1.82) is 0 Å². The topological polar surface area (TPSA) is 59.5 Å². The van der Waals surface area contributed by atoms with Gasteiger partial charge in [0.1, 0.15) is 5.75 Å². The van der Waals surface area contributed by atoms with Crippen molar-refractivity contribution in [1.82, 2.24) is 9.29 Å². The van der Waals surface area contributed by atoms with E-state index in [4.69, 9.17) is 4.74 Å². The number of ether oxygens (including phenoxy) is 1. The molecule has 0 saturated carbocycles. The van der Waals surface area contributed by atoms with Crippen molar-refractivity contribution >= 4 is 21.4 Å². The van der Waals surface area contributed by atoms with Crippen LogP contribution in [0, 0.1) is 6.92 Å². The zero-order chi connectivity index (χ0) is 19.3. The number of nitrogens with zero attached hydrogens (tertiary/aromatic N) is 2. The summed E-state index contributed by atoms with van der Waals surface area (Å²) in [4.78, 5) is 4.55. The van der Waals surface area contributed by atoms with Crippen molar-refractivity contribution in [2.24, 2.45) is 0 Å². The third kappa shape index (κ3) is 4.74. The summed E-state index contributed by atoms with van der Waals surface area (Å²) in [5.41, 5.74) is 2.47. The van der Waals surface area contributed by atoms with Gasteiger partial charge in [0.25, 0.3) is 0 Å². The molecule has 3 rings (SSSR count). The molecule has 0 bridgehead atoms. The lowest BCUT2D eigenvalue weighted by Crippen LogP contribution is -2.30. The molecule has 0 aliphatic rings. The van der Waals surface area contributed by atoms with E-state index in [1.807, 2.05) is 48.9 Å². The number of pyridine rings is 1. The number of benzene rings is 1. The number of aromatic nitrogens is 1. The highest BCUT2D eigenvalue weighted by atomic mass is 32.2. The van der Waals surface area contributed by atoms with Crippen LogP contribution >= 0.6 is 11.3 Å². The molecule has 0 N–H and O–H groups in total. The molecule has 2 aromatic heterocycles. The molecular weight excluding hydrogens is 380 g/mol. The average molecular weight is 403 g/mol. The molecule has 7 heteroatoms. The summed E-state index contributed by atoms with van der Waals surface area (Å²) in [7, 11) is -3.69. The molecule has 0 radical (unpaired) electrons. The minimum atomic E-state index is -3.69. The van der Waals surface area contributed by atoms with Gasteiger partial charge < -0.3 is 4.74 Å². The first-order valence-corrected chi connectivity index (χ1v) is 11.0. The number of sulfonamides is 1. The Kier molecular flexibility index (Phi) is 6.26. The number of hydrogen-bond donors (Lipinski definition) is 0. The van der Waals surface area contributed by atoms with Gasteiger partial charge in [-0.15, -0.1) is 0 Å². The molecule has 5 nitrogen and oxygen atoms in total. The number of aryl methyl sites for hydroxylation is 1. The zero-order valence-electron chi connectivity index (χ0n) is 15.3. The standard InChI is InChI=1S/C20H22N2O3S2/c1-3-25-20-8-7-19(12-16(20)2)27(23,24)22(13-17-9-11-26-15-17)14-18-6-4-5-10-21-18/h4-12,15H,3,13-14H2,1-2H3. The van der Waals surface area contributed by atoms with Crippen molar-refractivity contribution in [2.75, 3.05) is 6.61 Å². The number of rotatable bonds is 8. The summed E-state index contributed by atoms with van der Waals surface area (Å²) in [6.45, 7) is 4.81. The van der Waals surface area contributed by atoms with Crippen molar-refractivity contribution < 1.29 is 13.2 Å². The molecule has 2 heterocycles. The molecule has 142 valence electrons. The summed E-state index contributed by atoms with van der Waals surface area (Å²) in [6, 6.07) is 12.4. The van der Waals surface area contributed by atoms with Crippen molar-refractivity contribution in [3.63, 3.8) is 0 Å². The molecule has 0 aliphatic heterocycles. The SMILES string of the molecule is CCOc1ccc(S(=O)(=O)N(Cc2ccsc2)Cc2ccccn2)cc1C. The van der Waals surface area contributed by atoms with Crippen LogP contribution in [0.1, 0.15) is 23.7 Å². The third-order valence-corrected chi connectivity index (χ3v) is 6.61. The Morgan fingerprint density at radius 2 is 2.00 bits per heavy atom. The summed E-state index contributed by atoms with van der Waals surface area (Å²) >= 11 is 1.55. The van der Waals surface area contributed by atoms with E-state index >= 15 is 0 Å². The van der Waals surface area contributed by atoms with Crippen LogP contribution in [0.25, 0.3) is 0 Å². The molecule has 0 spiro atoms. The van der Waals surface area contributed by atoms with E-state index < -0.39 is 10.0 Å². The van der Waals surface area contributed by atoms with E-state index in [-0.39, 0.29) is 11.4 Å². The third-order valence-electron chi connectivity index (χ3n) is 4.09. The summed E-state index contributed by atoms with van der Waals surface area (Å²) in [5.74, 6) is 0.700. The first-order valence-electron chi connectivity index (χ1n) is 8.65. The van der Waals surface area contributed by atoms with Crippen LogP contribution in [0.15, 0.2) is 64.3 Å². The zero-order valence-corrected chi connectivity index (χ0v) is 17.0. The second kappa shape index (κ2) is 8.65. The monoisotopic (exact) mass is 402 g/mol. The van der Waals surface area contributed by atoms with Crippen LogP contribution < -0.4 is 4.74 Å². The molecule has 0 saturated heterocycles. The fraction of sp³-hybridized carbons (Fsp3) is 0.250. The van der Waals surface area contributed by atoms with Gasteiger partial charge in [-0.05, 0) is 72.1 Å². The maximum atomic E-state index is 13.3. The molecule has 27 heavy (non-hydrogen) atoms. The molecule has 1 aromatic carbocycles. The van der Waals surface area contributed by atoms with Crippen LogP contribution in [0.5, 0.6) is 5.75 Å². The van der Waals surface area contributed by atoms with E-state index in [1.165, 1.54) is 4.31 Å². The van der Waals surface area contributed by atoms with Crippen LogP contribution in [-0.2, 0) is 23.1 Å². The Balaban J connectivity index is 1.95. The summed E-state index contributed by atoms with van der Waals surface area (Å²) in [6.07, 6.45) is 1.67. The van der Waals surface area contributed by atoms with Gasteiger partial charge in [0.05, 0.1) is 23.7 Å². The Morgan fingerprint density at radius 3 is 2.63 bits per heavy atom. The van der Waals surface area contributed by atoms with E-state index in [2.05, 4.69) is 4.98 Å². The Hall–Kier alpha value is -2.22. The van der Waals surface area contributed by atoms with Crippen molar-refractivity contribution in [3.05, 3.63) is 76.2 Å². The van der Waals surface area contributed by atoms with Gasteiger partial charge in [0.15, 0.2) is 0 Å². The second-order valence-corrected chi connectivity index (χ2v) is 8.80. The second-order valence-electron chi connectivity index (χ2n) is 6.09. The minimum Gasteiger partial charge on any atom is -0.494 e. The Labute approximate surface area is 164 Å². The largest absolute Gasteiger partial charge is 0.494 e. The van der Waals surface area contributed by atoms with Gasteiger partial charge >= 0.3 is 0 Å². The lowest BCUT2D eigenvalue weighted by Gasteiger charge is -2.22. The van der Waals surface area contributed by atoms with Gasteiger partial charge in [-0.2, -0.15) is 15.6 Å². The molecule has 0 amide bonds. The van der Waals surface area contributed by atoms with Gasteiger partial charge in [-0.3, -0.25) is 4.98 Å². The molecular formula is C20H22N2O3S2. The highest BCUT2D eigenvalue weighted by Gasteiger charge is 2.26. The van der Waals surface area contributed by atoms with Crippen molar-refractivity contribution in [3.8, 4) is 5.75 Å². The van der Waals surface area contributed by atoms with Crippen LogP contribution in [0.3, 0.4) is 0 Å². The predicted octanol–water partition coefficient (Wildman–Crippen LogP) is 4.24. The summed E-state index contributed by atoms with van der Waals surface area (Å²) in [5, 5.41) is 3.91. The normalized spacial score (nSPS) is 11.7. The highest BCUT2D eigenvalue weighted by Crippen LogP contribution is 2.26. The number of thiophene rings is 1. The molecule has 0 fully saturated rings. The minimum absolute atomic E-state index is 0.214. The molecule has 3 aromatic rings. The fourth-order valence-electron chi connectivity index (χ4n) is 2.73. The van der Waals surface area contributed by atoms with E-state index in [9.17, 15) is 8.42 Å². The first-order chi connectivity index (χ1) is 13.0.